The molecule has 4 rings (SSSR count). The molecule has 3 aromatic rings. The molecule has 3 N–H and O–H groups in total. The van der Waals surface area contributed by atoms with Gasteiger partial charge in [0.2, 0.25) is 17.8 Å². The van der Waals surface area contributed by atoms with Crippen LogP contribution in [-0.2, 0) is 25.7 Å². The van der Waals surface area contributed by atoms with Gasteiger partial charge in [0.15, 0.2) is 0 Å². The van der Waals surface area contributed by atoms with Crippen molar-refractivity contribution >= 4 is 56.3 Å². The first-order chi connectivity index (χ1) is 21.8. The number of nitrogens with zero attached hydrogens (tertiary/aromatic N) is 4. The van der Waals surface area contributed by atoms with Crippen molar-refractivity contribution in [1.29, 1.82) is 0 Å². The molecular formula is C31H38F3N7O4S. The monoisotopic (exact) mass is 661 g/mol. The van der Waals surface area contributed by atoms with E-state index in [9.17, 15) is 27.0 Å². The molecule has 1 saturated heterocycles. The number of rotatable bonds is 12. The molecule has 2 amide bonds. The number of anilines is 6. The average Bonchev–Trinajstić information content (AvgIpc) is 3.00. The number of piperazine rings is 1. The van der Waals surface area contributed by atoms with Crippen molar-refractivity contribution in [2.75, 3.05) is 72.4 Å². The summed E-state index contributed by atoms with van der Waals surface area (Å²) in [6, 6.07) is 11.5. The van der Waals surface area contributed by atoms with Gasteiger partial charge in [0, 0.05) is 67.7 Å². The van der Waals surface area contributed by atoms with Crippen LogP contribution in [0.15, 0.2) is 61.3 Å². The minimum atomic E-state index is -4.74. The van der Waals surface area contributed by atoms with Crippen LogP contribution in [-0.4, -0.2) is 82.4 Å². The second-order valence-electron chi connectivity index (χ2n) is 11.1. The Kier molecular flexibility index (Phi) is 10.9. The Balaban J connectivity index is 1.46. The number of methoxy groups -OCH3 is 1. The summed E-state index contributed by atoms with van der Waals surface area (Å²) < 4.78 is 59.0. The van der Waals surface area contributed by atoms with Crippen molar-refractivity contribution in [3.05, 3.63) is 66.9 Å². The molecule has 2 aromatic carbocycles. The molecule has 2 heterocycles. The predicted octanol–water partition coefficient (Wildman–Crippen LogP) is 4.82. The van der Waals surface area contributed by atoms with E-state index in [1.807, 2.05) is 11.0 Å². The van der Waals surface area contributed by atoms with Gasteiger partial charge in [-0.25, -0.2) is 4.98 Å². The quantitative estimate of drug-likeness (QED) is 0.160. The molecule has 1 aliphatic heterocycles. The third kappa shape index (κ3) is 9.42. The summed E-state index contributed by atoms with van der Waals surface area (Å²) >= 11 is 0. The second-order valence-corrected chi connectivity index (χ2v) is 14.7. The lowest BCUT2D eigenvalue weighted by Gasteiger charge is -2.36. The molecule has 0 radical (unpaired) electrons. The highest BCUT2D eigenvalue weighted by atomic mass is 32.2. The maximum atomic E-state index is 13.8. The predicted molar refractivity (Wildman–Crippen MR) is 176 cm³/mol. The van der Waals surface area contributed by atoms with Crippen LogP contribution in [0.4, 0.5) is 47.7 Å². The lowest BCUT2D eigenvalue weighted by atomic mass is 10.2. The number of alkyl halides is 3. The Morgan fingerprint density at radius 2 is 1.78 bits per heavy atom. The van der Waals surface area contributed by atoms with Gasteiger partial charge in [-0.3, -0.25) is 13.8 Å². The topological polar surface area (TPSA) is 129 Å². The smallest absolute Gasteiger partial charge is 0.421 e. The van der Waals surface area contributed by atoms with Gasteiger partial charge in [0.1, 0.15) is 17.1 Å². The number of carbonyl (C=O) groups is 2. The van der Waals surface area contributed by atoms with Gasteiger partial charge in [-0.2, -0.15) is 18.2 Å². The molecule has 15 heteroatoms. The van der Waals surface area contributed by atoms with Gasteiger partial charge in [0.25, 0.3) is 0 Å². The number of nitrogens with one attached hydrogen (secondary N) is 3. The maximum Gasteiger partial charge on any atom is 0.421 e. The van der Waals surface area contributed by atoms with Crippen LogP contribution in [0.1, 0.15) is 18.4 Å². The molecular weight excluding hydrogens is 623 g/mol. The fraction of sp³-hybridized carbons (Fsp3) is 0.355. The number of benzene rings is 2. The standard InChI is InChI=1S/C31H38F3N7O4S/c1-5-27(42)36-21-8-6-9-22(18-21)37-29-24(31(32,33)34)20-35-30(39-29)38-25-12-11-23(19-26(25)45-2)40-13-15-41(16-14-40)28(43)10-7-17-46(3,4)44/h5-6,8-9,11-12,18-20,46H,1,7,10,13-17H2,2-4H3,(H,36,42)(H2,35,37,38,39). The van der Waals surface area contributed by atoms with E-state index in [0.717, 1.165) is 11.8 Å². The third-order valence-corrected chi connectivity index (χ3v) is 8.58. The maximum absolute atomic E-state index is 13.8. The molecule has 11 nitrogen and oxygen atoms in total. The lowest BCUT2D eigenvalue weighted by Crippen LogP contribution is -2.48. The second kappa shape index (κ2) is 14.6. The number of hydrogen-bond donors (Lipinski definition) is 4. The zero-order chi connectivity index (χ0) is 33.5. The number of hydrogen-bond acceptors (Lipinski definition) is 9. The first-order valence-electron chi connectivity index (χ1n) is 14.5. The molecule has 248 valence electrons. The molecule has 1 aromatic heterocycles. The number of carbonyl (C=O) groups excluding carboxylic acids is 2. The number of amides is 2. The van der Waals surface area contributed by atoms with E-state index in [1.165, 1.54) is 19.2 Å². The van der Waals surface area contributed by atoms with Crippen molar-refractivity contribution in [1.82, 2.24) is 14.9 Å². The minimum absolute atomic E-state index is 0.0581. The first-order valence-corrected chi connectivity index (χ1v) is 17.3. The summed E-state index contributed by atoms with van der Waals surface area (Å²) in [4.78, 5) is 36.2. The van der Waals surface area contributed by atoms with Gasteiger partial charge in [0.05, 0.1) is 12.8 Å². The van der Waals surface area contributed by atoms with Gasteiger partial charge < -0.3 is 30.5 Å². The third-order valence-electron chi connectivity index (χ3n) is 7.19. The number of thiol groups is 1. The van der Waals surface area contributed by atoms with Gasteiger partial charge >= 0.3 is 6.18 Å². The Morgan fingerprint density at radius 3 is 2.43 bits per heavy atom. The van der Waals surface area contributed by atoms with Crippen molar-refractivity contribution in [2.24, 2.45) is 0 Å². The van der Waals surface area contributed by atoms with Crippen molar-refractivity contribution in [3.8, 4) is 5.75 Å². The van der Waals surface area contributed by atoms with Crippen LogP contribution in [0.5, 0.6) is 5.75 Å². The molecule has 0 saturated carbocycles. The Bertz CT molecular complexity index is 1620. The zero-order valence-electron chi connectivity index (χ0n) is 25.9. The van der Waals surface area contributed by atoms with E-state index < -0.39 is 33.4 Å². The molecule has 1 fully saturated rings. The van der Waals surface area contributed by atoms with Gasteiger partial charge in [-0.05, 0) is 55.3 Å². The summed E-state index contributed by atoms with van der Waals surface area (Å²) in [5.74, 6) is -0.0242. The van der Waals surface area contributed by atoms with Crippen molar-refractivity contribution in [2.45, 2.75) is 19.0 Å². The average molecular weight is 662 g/mol. The highest BCUT2D eigenvalue weighted by Crippen LogP contribution is 2.37. The SMILES string of the molecule is C=CC(=O)Nc1cccc(Nc2nc(Nc3ccc(N4CCN(C(=O)CCC[SH](C)(C)=O)CC4)cc3OC)ncc2C(F)(F)F)c1. The normalized spacial score (nSPS) is 14.0. The molecule has 0 unspecified atom stereocenters. The molecule has 1 aliphatic rings. The van der Waals surface area contributed by atoms with Crippen LogP contribution >= 0.6 is 0 Å². The van der Waals surface area contributed by atoms with E-state index in [2.05, 4.69) is 37.4 Å². The molecule has 0 aliphatic carbocycles. The number of ether oxygens (including phenoxy) is 1. The first kappa shape index (κ1) is 34.2. The highest BCUT2D eigenvalue weighted by Gasteiger charge is 2.35. The highest BCUT2D eigenvalue weighted by molar-refractivity contribution is 8.01. The summed E-state index contributed by atoms with van der Waals surface area (Å²) in [6.07, 6.45) is 1.48. The zero-order valence-corrected chi connectivity index (χ0v) is 26.8. The van der Waals surface area contributed by atoms with Crippen LogP contribution < -0.4 is 25.6 Å². The minimum Gasteiger partial charge on any atom is -0.494 e. The van der Waals surface area contributed by atoms with Gasteiger partial charge in [-0.1, -0.05) is 12.6 Å². The lowest BCUT2D eigenvalue weighted by molar-refractivity contribution is -0.137. The fourth-order valence-electron chi connectivity index (χ4n) is 4.83. The van der Waals surface area contributed by atoms with Crippen LogP contribution in [0.2, 0.25) is 0 Å². The molecule has 0 atom stereocenters. The van der Waals surface area contributed by atoms with Crippen LogP contribution in [0.3, 0.4) is 0 Å². The van der Waals surface area contributed by atoms with E-state index >= 15 is 0 Å². The largest absolute Gasteiger partial charge is 0.494 e. The number of aromatic nitrogens is 2. The molecule has 0 bridgehead atoms. The summed E-state index contributed by atoms with van der Waals surface area (Å²) in [5, 5.41) is 8.18. The van der Waals surface area contributed by atoms with E-state index in [0.29, 0.717) is 68.1 Å². The molecule has 0 spiro atoms. The van der Waals surface area contributed by atoms with E-state index in [-0.39, 0.29) is 17.5 Å². The summed E-state index contributed by atoms with van der Waals surface area (Å²) in [6.45, 7) is 5.70. The van der Waals surface area contributed by atoms with Gasteiger partial charge in [-0.15, -0.1) is 9.93 Å². The Hall–Kier alpha value is -4.66. The van der Waals surface area contributed by atoms with Crippen LogP contribution in [0.25, 0.3) is 0 Å². The van der Waals surface area contributed by atoms with Crippen molar-refractivity contribution in [3.63, 3.8) is 0 Å². The Morgan fingerprint density at radius 1 is 1.07 bits per heavy atom. The Labute approximate surface area is 266 Å². The fourth-order valence-corrected chi connectivity index (χ4v) is 5.75. The number of halogens is 3. The van der Waals surface area contributed by atoms with E-state index in [1.54, 1.807) is 36.8 Å². The molecule has 46 heavy (non-hydrogen) atoms. The van der Waals surface area contributed by atoms with Crippen molar-refractivity contribution < 1.29 is 31.7 Å². The van der Waals surface area contributed by atoms with E-state index in [4.69, 9.17) is 4.74 Å². The summed E-state index contributed by atoms with van der Waals surface area (Å²) in [7, 11) is -0.668. The van der Waals surface area contributed by atoms with Crippen LogP contribution in [0, 0.1) is 0 Å². The summed E-state index contributed by atoms with van der Waals surface area (Å²) in [5.41, 5.74) is 0.827.